The van der Waals surface area contributed by atoms with Gasteiger partial charge in [0.05, 0.1) is 13.1 Å². The van der Waals surface area contributed by atoms with Crippen LogP contribution in [0.1, 0.15) is 54.2 Å². The van der Waals surface area contributed by atoms with Crippen molar-refractivity contribution in [2.24, 2.45) is 0 Å². The SMILES string of the molecule is CCC[C@@H](NC(=O)[C@@H](C)[NH+](C)Cc1ccc(C(=O)NC)cc1)c1ccccc1. The number of hydrogen-bond acceptors (Lipinski definition) is 2. The molecular formula is C23H32N3O2+. The average Bonchev–Trinajstić information content (AvgIpc) is 2.73. The molecule has 3 atom stereocenters. The third-order valence-corrected chi connectivity index (χ3v) is 5.15. The van der Waals surface area contributed by atoms with Gasteiger partial charge in [0, 0.05) is 18.2 Å². The number of likely N-dealkylation sites (N-methyl/N-ethyl adjacent to an activating group) is 1. The number of quaternary nitrogens is 1. The molecule has 1 unspecified atom stereocenters. The summed E-state index contributed by atoms with van der Waals surface area (Å²) in [6, 6.07) is 17.5. The van der Waals surface area contributed by atoms with E-state index < -0.39 is 0 Å². The van der Waals surface area contributed by atoms with Crippen LogP contribution in [0.4, 0.5) is 0 Å². The second-order valence-electron chi connectivity index (χ2n) is 7.28. The molecule has 0 radical (unpaired) electrons. The van der Waals surface area contributed by atoms with E-state index in [1.807, 2.05) is 56.4 Å². The van der Waals surface area contributed by atoms with E-state index in [2.05, 4.69) is 29.7 Å². The highest BCUT2D eigenvalue weighted by atomic mass is 16.2. The molecule has 5 heteroatoms. The summed E-state index contributed by atoms with van der Waals surface area (Å²) in [5.41, 5.74) is 2.88. The van der Waals surface area contributed by atoms with Crippen molar-refractivity contribution in [2.45, 2.75) is 45.3 Å². The van der Waals surface area contributed by atoms with Crippen molar-refractivity contribution in [1.82, 2.24) is 10.6 Å². The summed E-state index contributed by atoms with van der Waals surface area (Å²) in [5.74, 6) is -0.0374. The van der Waals surface area contributed by atoms with E-state index >= 15 is 0 Å². The first-order valence-electron chi connectivity index (χ1n) is 9.94. The van der Waals surface area contributed by atoms with Crippen LogP contribution in [0.5, 0.6) is 0 Å². The Bertz CT molecular complexity index is 759. The third kappa shape index (κ3) is 5.92. The van der Waals surface area contributed by atoms with Crippen molar-refractivity contribution in [3.05, 3.63) is 71.3 Å². The van der Waals surface area contributed by atoms with Crippen LogP contribution in [0, 0.1) is 0 Å². The minimum Gasteiger partial charge on any atom is -0.355 e. The Hall–Kier alpha value is -2.66. The van der Waals surface area contributed by atoms with E-state index in [1.54, 1.807) is 7.05 Å². The first-order chi connectivity index (χ1) is 13.5. The number of amides is 2. The van der Waals surface area contributed by atoms with Gasteiger partial charge in [-0.05, 0) is 31.0 Å². The zero-order valence-corrected chi connectivity index (χ0v) is 17.3. The fraction of sp³-hybridized carbons (Fsp3) is 0.391. The monoisotopic (exact) mass is 382 g/mol. The predicted molar refractivity (Wildman–Crippen MR) is 112 cm³/mol. The highest BCUT2D eigenvalue weighted by molar-refractivity contribution is 5.93. The summed E-state index contributed by atoms with van der Waals surface area (Å²) in [7, 11) is 3.64. The molecule has 0 bridgehead atoms. The quantitative estimate of drug-likeness (QED) is 0.622. The molecule has 0 spiro atoms. The minimum absolute atomic E-state index is 0.0424. The molecule has 150 valence electrons. The van der Waals surface area contributed by atoms with Crippen molar-refractivity contribution in [1.29, 1.82) is 0 Å². The van der Waals surface area contributed by atoms with Crippen LogP contribution in [0.25, 0.3) is 0 Å². The molecule has 0 saturated heterocycles. The van der Waals surface area contributed by atoms with E-state index in [-0.39, 0.29) is 23.9 Å². The second kappa shape index (κ2) is 10.6. The van der Waals surface area contributed by atoms with Gasteiger partial charge in [-0.1, -0.05) is 55.8 Å². The lowest BCUT2D eigenvalue weighted by Gasteiger charge is -2.25. The average molecular weight is 383 g/mol. The van der Waals surface area contributed by atoms with Gasteiger partial charge in [0.1, 0.15) is 6.54 Å². The number of rotatable bonds is 9. The maximum atomic E-state index is 12.8. The molecule has 2 aromatic rings. The maximum absolute atomic E-state index is 12.8. The summed E-state index contributed by atoms with van der Waals surface area (Å²) in [6.07, 6.45) is 1.93. The highest BCUT2D eigenvalue weighted by Crippen LogP contribution is 2.18. The molecule has 0 aliphatic carbocycles. The molecule has 3 N–H and O–H groups in total. The molecule has 0 aromatic heterocycles. The molecule has 0 saturated carbocycles. The Kier molecular flexibility index (Phi) is 8.20. The first-order valence-corrected chi connectivity index (χ1v) is 9.94. The molecular weight excluding hydrogens is 350 g/mol. The van der Waals surface area contributed by atoms with Crippen LogP contribution >= 0.6 is 0 Å². The summed E-state index contributed by atoms with van der Waals surface area (Å²) >= 11 is 0. The third-order valence-electron chi connectivity index (χ3n) is 5.15. The molecule has 0 aliphatic rings. The van der Waals surface area contributed by atoms with Gasteiger partial charge in [0.25, 0.3) is 11.8 Å². The molecule has 0 heterocycles. The highest BCUT2D eigenvalue weighted by Gasteiger charge is 2.24. The fourth-order valence-electron chi connectivity index (χ4n) is 3.21. The van der Waals surface area contributed by atoms with E-state index in [0.29, 0.717) is 12.1 Å². The van der Waals surface area contributed by atoms with Gasteiger partial charge in [-0.3, -0.25) is 9.59 Å². The number of carbonyl (C=O) groups excluding carboxylic acids is 2. The van der Waals surface area contributed by atoms with E-state index in [4.69, 9.17) is 0 Å². The normalized spacial score (nSPS) is 14.0. The number of carbonyl (C=O) groups is 2. The Morgan fingerprint density at radius 3 is 2.25 bits per heavy atom. The van der Waals surface area contributed by atoms with Crippen LogP contribution in [0.15, 0.2) is 54.6 Å². The van der Waals surface area contributed by atoms with Crippen molar-refractivity contribution in [3.63, 3.8) is 0 Å². The maximum Gasteiger partial charge on any atom is 0.278 e. The van der Waals surface area contributed by atoms with Gasteiger partial charge in [-0.25, -0.2) is 0 Å². The number of nitrogens with one attached hydrogen (secondary N) is 3. The molecule has 5 nitrogen and oxygen atoms in total. The lowest BCUT2D eigenvalue weighted by Crippen LogP contribution is -3.12. The fourth-order valence-corrected chi connectivity index (χ4v) is 3.21. The topological polar surface area (TPSA) is 62.6 Å². The number of benzene rings is 2. The Labute approximate surface area is 168 Å². The van der Waals surface area contributed by atoms with Crippen LogP contribution < -0.4 is 15.5 Å². The second-order valence-corrected chi connectivity index (χ2v) is 7.28. The van der Waals surface area contributed by atoms with Gasteiger partial charge < -0.3 is 15.5 Å². The van der Waals surface area contributed by atoms with Crippen molar-refractivity contribution in [2.75, 3.05) is 14.1 Å². The van der Waals surface area contributed by atoms with E-state index in [9.17, 15) is 9.59 Å². The van der Waals surface area contributed by atoms with Crippen LogP contribution in [0.2, 0.25) is 0 Å². The molecule has 2 rings (SSSR count). The molecule has 2 amide bonds. The van der Waals surface area contributed by atoms with Crippen LogP contribution in [-0.4, -0.2) is 32.0 Å². The van der Waals surface area contributed by atoms with Gasteiger partial charge >= 0.3 is 0 Å². The predicted octanol–water partition coefficient (Wildman–Crippen LogP) is 2.11. The summed E-state index contributed by atoms with van der Waals surface area (Å²) in [5, 5.41) is 5.84. The van der Waals surface area contributed by atoms with Gasteiger partial charge in [0.2, 0.25) is 0 Å². The van der Waals surface area contributed by atoms with Gasteiger partial charge in [-0.2, -0.15) is 0 Å². The summed E-state index contributed by atoms with van der Waals surface area (Å²) in [6.45, 7) is 4.80. The van der Waals surface area contributed by atoms with Crippen LogP contribution in [0.3, 0.4) is 0 Å². The zero-order valence-electron chi connectivity index (χ0n) is 17.3. The van der Waals surface area contributed by atoms with Crippen LogP contribution in [-0.2, 0) is 11.3 Å². The van der Waals surface area contributed by atoms with E-state index in [1.165, 1.54) is 0 Å². The zero-order chi connectivity index (χ0) is 20.5. The minimum atomic E-state index is -0.179. The summed E-state index contributed by atoms with van der Waals surface area (Å²) in [4.78, 5) is 25.6. The van der Waals surface area contributed by atoms with Gasteiger partial charge in [-0.15, -0.1) is 0 Å². The first kappa shape index (κ1) is 21.6. The van der Waals surface area contributed by atoms with Crippen molar-refractivity contribution < 1.29 is 14.5 Å². The van der Waals surface area contributed by atoms with Gasteiger partial charge in [0.15, 0.2) is 6.04 Å². The smallest absolute Gasteiger partial charge is 0.278 e. The Morgan fingerprint density at radius 2 is 1.68 bits per heavy atom. The largest absolute Gasteiger partial charge is 0.355 e. The Balaban J connectivity index is 1.98. The number of hydrogen-bond donors (Lipinski definition) is 3. The molecule has 0 fully saturated rings. The molecule has 0 aliphatic heterocycles. The molecule has 28 heavy (non-hydrogen) atoms. The molecule has 2 aromatic carbocycles. The lowest BCUT2D eigenvalue weighted by molar-refractivity contribution is -0.908. The Morgan fingerprint density at radius 1 is 1.04 bits per heavy atom. The lowest BCUT2D eigenvalue weighted by atomic mass is 10.0. The van der Waals surface area contributed by atoms with E-state index in [0.717, 1.165) is 28.9 Å². The van der Waals surface area contributed by atoms with Crippen molar-refractivity contribution in [3.8, 4) is 0 Å². The standard InChI is InChI=1S/C23H31N3O2/c1-5-9-21(19-10-7-6-8-11-19)25-22(27)17(2)26(4)16-18-12-14-20(15-13-18)23(28)24-3/h6-8,10-15,17,21H,5,9,16H2,1-4H3,(H,24,28)(H,25,27)/p+1/t17-,21-/m1/s1. The summed E-state index contributed by atoms with van der Waals surface area (Å²) < 4.78 is 0. The van der Waals surface area contributed by atoms with Crippen molar-refractivity contribution >= 4 is 11.8 Å².